The van der Waals surface area contributed by atoms with E-state index in [0.29, 0.717) is 46.9 Å². The van der Waals surface area contributed by atoms with E-state index in [0.717, 1.165) is 11.3 Å². The van der Waals surface area contributed by atoms with Crippen LogP contribution in [0.3, 0.4) is 0 Å². The van der Waals surface area contributed by atoms with Crippen LogP contribution in [0.15, 0.2) is 79.3 Å². The third-order valence-corrected chi connectivity index (χ3v) is 9.71. The van der Waals surface area contributed by atoms with Gasteiger partial charge in [0.1, 0.15) is 34.7 Å². The van der Waals surface area contributed by atoms with Gasteiger partial charge in [0, 0.05) is 48.4 Å². The standard InChI is InChI=1S/C37H32N10O6/c38-32-31-30(20-9-11-21(12-10-20)34(50)42-26-8-1-2-15-39-26)44-33(46(31)18-16-40-32)24-7-4-17-45(24)28(49)19-41-23-6-3-5-22-29(23)37(53)47(36(22)52)25-13-14-27(48)43-35(25)51/h1-3,5-6,8-12,15-16,18,24-25,41H,4,7,13-14,17,19H2,(H2,38,40)(H,39,42,50)(H,43,48,51)/t24-,25?/m0/s1. The van der Waals surface area contributed by atoms with Crippen molar-refractivity contribution in [2.75, 3.05) is 29.5 Å². The fourth-order valence-electron chi connectivity index (χ4n) is 7.20. The molecule has 3 aliphatic rings. The van der Waals surface area contributed by atoms with Gasteiger partial charge in [0.25, 0.3) is 17.7 Å². The van der Waals surface area contributed by atoms with Crippen molar-refractivity contribution >= 4 is 58.3 Å². The largest absolute Gasteiger partial charge is 0.382 e. The molecule has 266 valence electrons. The van der Waals surface area contributed by atoms with E-state index < -0.39 is 35.7 Å². The van der Waals surface area contributed by atoms with Crippen LogP contribution >= 0.6 is 0 Å². The average Bonchev–Trinajstić information content (AvgIpc) is 3.87. The first-order valence-corrected chi connectivity index (χ1v) is 17.0. The first-order valence-electron chi connectivity index (χ1n) is 17.0. The molecule has 2 atom stereocenters. The third kappa shape index (κ3) is 5.88. The molecule has 3 aromatic heterocycles. The number of carbonyl (C=O) groups is 6. The Balaban J connectivity index is 1.02. The molecule has 5 aromatic rings. The lowest BCUT2D eigenvalue weighted by molar-refractivity contribution is -0.136. The second-order valence-corrected chi connectivity index (χ2v) is 12.9. The Kier molecular flexibility index (Phi) is 8.33. The summed E-state index contributed by atoms with van der Waals surface area (Å²) in [7, 11) is 0. The van der Waals surface area contributed by atoms with E-state index in [9.17, 15) is 28.8 Å². The highest BCUT2D eigenvalue weighted by Gasteiger charge is 2.45. The molecule has 0 aliphatic carbocycles. The van der Waals surface area contributed by atoms with Crippen molar-refractivity contribution in [1.29, 1.82) is 0 Å². The van der Waals surface area contributed by atoms with Crippen LogP contribution in [0.4, 0.5) is 17.3 Å². The minimum Gasteiger partial charge on any atom is -0.382 e. The van der Waals surface area contributed by atoms with Crippen molar-refractivity contribution in [3.05, 3.63) is 102 Å². The Labute approximate surface area is 301 Å². The fraction of sp³-hybridized carbons (Fsp3) is 0.216. The molecule has 5 N–H and O–H groups in total. The number of imidazole rings is 1. The molecule has 8 rings (SSSR count). The van der Waals surface area contributed by atoms with E-state index in [-0.39, 0.29) is 53.8 Å². The number of aromatic nitrogens is 4. The Bertz CT molecular complexity index is 2340. The van der Waals surface area contributed by atoms with Crippen molar-refractivity contribution in [3.63, 3.8) is 0 Å². The maximum absolute atomic E-state index is 13.8. The lowest BCUT2D eigenvalue weighted by Gasteiger charge is -2.27. The molecular formula is C37H32N10O6. The van der Waals surface area contributed by atoms with Crippen molar-refractivity contribution in [1.82, 2.24) is 34.5 Å². The van der Waals surface area contributed by atoms with Gasteiger partial charge in [-0.3, -0.25) is 43.4 Å². The lowest BCUT2D eigenvalue weighted by atomic mass is 10.0. The van der Waals surface area contributed by atoms with Gasteiger partial charge in [-0.05, 0) is 55.7 Å². The van der Waals surface area contributed by atoms with Crippen molar-refractivity contribution in [3.8, 4) is 11.3 Å². The molecule has 2 fully saturated rings. The highest BCUT2D eigenvalue weighted by atomic mass is 16.2. The summed E-state index contributed by atoms with van der Waals surface area (Å²) in [5.74, 6) is -1.76. The first-order chi connectivity index (χ1) is 25.7. The predicted molar refractivity (Wildman–Crippen MR) is 190 cm³/mol. The molecule has 1 unspecified atom stereocenters. The number of likely N-dealkylation sites (tertiary alicyclic amines) is 1. The molecule has 53 heavy (non-hydrogen) atoms. The monoisotopic (exact) mass is 712 g/mol. The molecule has 0 radical (unpaired) electrons. The number of carbonyl (C=O) groups excluding carboxylic acids is 6. The predicted octanol–water partition coefficient (Wildman–Crippen LogP) is 2.80. The van der Waals surface area contributed by atoms with Crippen molar-refractivity contribution in [2.45, 2.75) is 37.8 Å². The van der Waals surface area contributed by atoms with Crippen LogP contribution < -0.4 is 21.7 Å². The van der Waals surface area contributed by atoms with E-state index in [1.807, 2.05) is 4.40 Å². The van der Waals surface area contributed by atoms with Gasteiger partial charge in [0.2, 0.25) is 17.7 Å². The molecule has 0 bridgehead atoms. The fourth-order valence-corrected chi connectivity index (χ4v) is 7.20. The van der Waals surface area contributed by atoms with Crippen LogP contribution in [-0.4, -0.2) is 83.7 Å². The second-order valence-electron chi connectivity index (χ2n) is 12.9. The highest BCUT2D eigenvalue weighted by Crippen LogP contribution is 2.37. The maximum Gasteiger partial charge on any atom is 0.264 e. The number of benzene rings is 2. The van der Waals surface area contributed by atoms with Gasteiger partial charge in [-0.2, -0.15) is 0 Å². The lowest BCUT2D eigenvalue weighted by Crippen LogP contribution is -2.54. The number of nitrogen functional groups attached to an aromatic ring is 1. The van der Waals surface area contributed by atoms with Gasteiger partial charge in [-0.15, -0.1) is 0 Å². The average molecular weight is 713 g/mol. The number of nitrogens with zero attached hydrogens (tertiary/aromatic N) is 6. The number of hydrogen-bond acceptors (Lipinski definition) is 11. The number of nitrogens with one attached hydrogen (secondary N) is 3. The summed E-state index contributed by atoms with van der Waals surface area (Å²) in [5.41, 5.74) is 9.08. The second kappa shape index (κ2) is 13.3. The van der Waals surface area contributed by atoms with Crippen LogP contribution in [0, 0.1) is 0 Å². The zero-order chi connectivity index (χ0) is 36.8. The Morgan fingerprint density at radius 3 is 2.51 bits per heavy atom. The number of imide groups is 2. The normalized spacial score (nSPS) is 18.3. The molecular weight excluding hydrogens is 680 g/mol. The Morgan fingerprint density at radius 2 is 1.74 bits per heavy atom. The number of piperidine rings is 1. The Morgan fingerprint density at radius 1 is 0.906 bits per heavy atom. The van der Waals surface area contributed by atoms with E-state index in [2.05, 4.69) is 25.9 Å². The smallest absolute Gasteiger partial charge is 0.264 e. The maximum atomic E-state index is 13.8. The summed E-state index contributed by atoms with van der Waals surface area (Å²) < 4.78 is 1.83. The molecule has 2 saturated heterocycles. The number of hydrogen-bond donors (Lipinski definition) is 4. The summed E-state index contributed by atoms with van der Waals surface area (Å²) in [6.45, 7) is 0.276. The summed E-state index contributed by atoms with van der Waals surface area (Å²) in [4.78, 5) is 93.7. The van der Waals surface area contributed by atoms with Crippen LogP contribution in [0.1, 0.15) is 68.6 Å². The quantitative estimate of drug-likeness (QED) is 0.172. The summed E-state index contributed by atoms with van der Waals surface area (Å²) >= 11 is 0. The number of anilines is 3. The summed E-state index contributed by atoms with van der Waals surface area (Å²) in [6.07, 6.45) is 6.30. The first kappa shape index (κ1) is 33.2. The zero-order valence-corrected chi connectivity index (χ0v) is 28.1. The minimum atomic E-state index is -1.10. The Hall–Kier alpha value is -6.97. The number of amides is 6. The van der Waals surface area contributed by atoms with Crippen LogP contribution in [0.2, 0.25) is 0 Å². The molecule has 3 aliphatic heterocycles. The van der Waals surface area contributed by atoms with Crippen LogP contribution in [-0.2, 0) is 14.4 Å². The van der Waals surface area contributed by atoms with Gasteiger partial charge in [0.15, 0.2) is 0 Å². The topological polar surface area (TPSA) is 214 Å². The van der Waals surface area contributed by atoms with E-state index in [1.54, 1.807) is 78.1 Å². The van der Waals surface area contributed by atoms with E-state index >= 15 is 0 Å². The van der Waals surface area contributed by atoms with E-state index in [4.69, 9.17) is 10.7 Å². The van der Waals surface area contributed by atoms with Crippen LogP contribution in [0.5, 0.6) is 0 Å². The molecule has 0 spiro atoms. The molecule has 16 heteroatoms. The summed E-state index contributed by atoms with van der Waals surface area (Å²) in [6, 6.07) is 15.3. The zero-order valence-electron chi connectivity index (χ0n) is 28.1. The van der Waals surface area contributed by atoms with Gasteiger partial charge in [0.05, 0.1) is 23.7 Å². The minimum absolute atomic E-state index is 0.00905. The number of nitrogens with two attached hydrogens (primary N) is 1. The SMILES string of the molecule is Nc1nccn2c([C@@H]3CCCN3C(=O)CNc3cccc4c3C(=O)N(C3CCC(=O)NC3=O)C4=O)nc(-c3ccc(C(=O)Nc4ccccn4)cc3)c12. The number of rotatable bonds is 8. The molecule has 6 heterocycles. The molecule has 0 saturated carbocycles. The van der Waals surface area contributed by atoms with Crippen molar-refractivity contribution < 1.29 is 28.8 Å². The van der Waals surface area contributed by atoms with Gasteiger partial charge in [-0.1, -0.05) is 24.3 Å². The van der Waals surface area contributed by atoms with Gasteiger partial charge < -0.3 is 21.3 Å². The number of fused-ring (bicyclic) bond motifs is 2. The van der Waals surface area contributed by atoms with Crippen LogP contribution in [0.25, 0.3) is 16.8 Å². The molecule has 2 aromatic carbocycles. The van der Waals surface area contributed by atoms with E-state index in [1.165, 1.54) is 6.07 Å². The highest BCUT2D eigenvalue weighted by molar-refractivity contribution is 6.25. The van der Waals surface area contributed by atoms with Crippen molar-refractivity contribution in [2.24, 2.45) is 0 Å². The summed E-state index contributed by atoms with van der Waals surface area (Å²) in [5, 5.41) is 8.01. The third-order valence-electron chi connectivity index (χ3n) is 9.71. The molecule has 6 amide bonds. The van der Waals surface area contributed by atoms with Gasteiger partial charge >= 0.3 is 0 Å². The van der Waals surface area contributed by atoms with Gasteiger partial charge in [-0.25, -0.2) is 15.0 Å². The number of pyridine rings is 1. The molecule has 16 nitrogen and oxygen atoms in total.